The van der Waals surface area contributed by atoms with E-state index in [-0.39, 0.29) is 11.8 Å². The van der Waals surface area contributed by atoms with Crippen molar-refractivity contribution in [3.63, 3.8) is 0 Å². The lowest BCUT2D eigenvalue weighted by atomic mass is 9.92. The van der Waals surface area contributed by atoms with Crippen molar-refractivity contribution >= 4 is 5.91 Å². The molecular formula is C20H25NO. The molecule has 0 bridgehead atoms. The fourth-order valence-corrected chi connectivity index (χ4v) is 2.64. The summed E-state index contributed by atoms with van der Waals surface area (Å²) in [6.45, 7) is 2.85. The zero-order valence-corrected chi connectivity index (χ0v) is 13.3. The van der Waals surface area contributed by atoms with Crippen LogP contribution in [-0.2, 0) is 11.2 Å². The molecule has 0 aliphatic rings. The van der Waals surface area contributed by atoms with Crippen LogP contribution in [0.2, 0.25) is 0 Å². The maximum atomic E-state index is 12.5. The van der Waals surface area contributed by atoms with Gasteiger partial charge in [-0.05, 0) is 24.0 Å². The van der Waals surface area contributed by atoms with E-state index in [0.29, 0.717) is 6.54 Å². The second-order valence-corrected chi connectivity index (χ2v) is 5.63. The van der Waals surface area contributed by atoms with Crippen molar-refractivity contribution in [2.75, 3.05) is 6.54 Å². The second-order valence-electron chi connectivity index (χ2n) is 5.63. The first-order valence-corrected chi connectivity index (χ1v) is 8.18. The summed E-state index contributed by atoms with van der Waals surface area (Å²) >= 11 is 0. The Hall–Kier alpha value is -2.09. The first kappa shape index (κ1) is 16.3. The molecule has 0 spiro atoms. The van der Waals surface area contributed by atoms with Crippen LogP contribution in [0.4, 0.5) is 0 Å². The van der Waals surface area contributed by atoms with Crippen molar-refractivity contribution in [3.05, 3.63) is 71.8 Å². The Balaban J connectivity index is 1.91. The molecule has 0 aromatic heterocycles. The molecule has 2 heteroatoms. The molecular weight excluding hydrogens is 270 g/mol. The number of hydrogen-bond acceptors (Lipinski definition) is 1. The van der Waals surface area contributed by atoms with Gasteiger partial charge in [0.1, 0.15) is 0 Å². The van der Waals surface area contributed by atoms with Gasteiger partial charge < -0.3 is 5.32 Å². The summed E-state index contributed by atoms with van der Waals surface area (Å²) in [7, 11) is 0. The van der Waals surface area contributed by atoms with E-state index in [1.165, 1.54) is 5.56 Å². The van der Waals surface area contributed by atoms with Crippen molar-refractivity contribution in [2.45, 2.75) is 38.5 Å². The maximum absolute atomic E-state index is 12.5. The van der Waals surface area contributed by atoms with Crippen LogP contribution in [0, 0.1) is 0 Å². The highest BCUT2D eigenvalue weighted by molar-refractivity contribution is 5.83. The van der Waals surface area contributed by atoms with Gasteiger partial charge in [0.25, 0.3) is 0 Å². The van der Waals surface area contributed by atoms with Crippen molar-refractivity contribution in [1.29, 1.82) is 0 Å². The van der Waals surface area contributed by atoms with Gasteiger partial charge in [0.05, 0.1) is 5.92 Å². The molecule has 1 atom stereocenters. The Morgan fingerprint density at radius 3 is 2.27 bits per heavy atom. The first-order valence-electron chi connectivity index (χ1n) is 8.18. The van der Waals surface area contributed by atoms with E-state index < -0.39 is 0 Å². The summed E-state index contributed by atoms with van der Waals surface area (Å²) in [5.74, 6) is 0.118. The molecule has 0 aliphatic heterocycles. The molecule has 2 aromatic carbocycles. The molecule has 1 unspecified atom stereocenters. The highest BCUT2D eigenvalue weighted by atomic mass is 16.1. The number of rotatable bonds is 8. The van der Waals surface area contributed by atoms with E-state index in [1.807, 2.05) is 36.4 Å². The summed E-state index contributed by atoms with van der Waals surface area (Å²) < 4.78 is 0. The van der Waals surface area contributed by atoms with Gasteiger partial charge in [0.2, 0.25) is 5.91 Å². The smallest absolute Gasteiger partial charge is 0.227 e. The number of nitrogens with one attached hydrogen (secondary N) is 1. The lowest BCUT2D eigenvalue weighted by Crippen LogP contribution is -2.31. The van der Waals surface area contributed by atoms with Gasteiger partial charge in [0.15, 0.2) is 0 Å². The van der Waals surface area contributed by atoms with E-state index >= 15 is 0 Å². The molecule has 1 N–H and O–H groups in total. The predicted molar refractivity (Wildman–Crippen MR) is 91.9 cm³/mol. The Kier molecular flexibility index (Phi) is 6.69. The quantitative estimate of drug-likeness (QED) is 0.772. The topological polar surface area (TPSA) is 29.1 Å². The minimum atomic E-state index is -0.0306. The molecule has 2 nitrogen and oxygen atoms in total. The van der Waals surface area contributed by atoms with Crippen LogP contribution in [0.1, 0.15) is 43.2 Å². The lowest BCUT2D eigenvalue weighted by Gasteiger charge is -2.17. The highest BCUT2D eigenvalue weighted by Gasteiger charge is 2.19. The van der Waals surface area contributed by atoms with Crippen LogP contribution in [0.15, 0.2) is 60.7 Å². The Bertz CT molecular complexity index is 550. The third kappa shape index (κ3) is 5.03. The Morgan fingerprint density at radius 2 is 1.64 bits per heavy atom. The molecule has 0 aliphatic carbocycles. The van der Waals surface area contributed by atoms with Crippen LogP contribution < -0.4 is 5.32 Å². The molecule has 0 radical (unpaired) electrons. The fourth-order valence-electron chi connectivity index (χ4n) is 2.64. The minimum absolute atomic E-state index is 0.0306. The standard InChI is InChI=1S/C20H25NO/c1-2-3-14-19(18-12-8-5-9-13-18)20(22)21-16-15-17-10-6-4-7-11-17/h4-13,19H,2-3,14-16H2,1H3,(H,21,22). The van der Waals surface area contributed by atoms with E-state index in [0.717, 1.165) is 31.2 Å². The molecule has 0 saturated heterocycles. The number of benzene rings is 2. The Labute approximate surface area is 133 Å². The van der Waals surface area contributed by atoms with Crippen LogP contribution in [0.5, 0.6) is 0 Å². The third-order valence-corrected chi connectivity index (χ3v) is 3.92. The molecule has 0 heterocycles. The van der Waals surface area contributed by atoms with Gasteiger partial charge in [-0.15, -0.1) is 0 Å². The Morgan fingerprint density at radius 1 is 1.00 bits per heavy atom. The molecule has 2 aromatic rings. The predicted octanol–water partition coefficient (Wildman–Crippen LogP) is 4.32. The van der Waals surface area contributed by atoms with Gasteiger partial charge in [-0.3, -0.25) is 4.79 Å². The zero-order valence-electron chi connectivity index (χ0n) is 13.3. The average Bonchev–Trinajstić information content (AvgIpc) is 2.57. The van der Waals surface area contributed by atoms with Gasteiger partial charge in [-0.1, -0.05) is 80.4 Å². The summed E-state index contributed by atoms with van der Waals surface area (Å²) in [5, 5.41) is 3.10. The molecule has 0 saturated carbocycles. The van der Waals surface area contributed by atoms with Gasteiger partial charge >= 0.3 is 0 Å². The van der Waals surface area contributed by atoms with E-state index in [1.54, 1.807) is 0 Å². The molecule has 22 heavy (non-hydrogen) atoms. The molecule has 1 amide bonds. The second kappa shape index (κ2) is 9.04. The zero-order chi connectivity index (χ0) is 15.6. The number of hydrogen-bond donors (Lipinski definition) is 1. The average molecular weight is 295 g/mol. The summed E-state index contributed by atoms with van der Waals surface area (Å²) in [6, 6.07) is 20.4. The number of carbonyl (C=O) groups is 1. The van der Waals surface area contributed by atoms with Crippen LogP contribution >= 0.6 is 0 Å². The summed E-state index contributed by atoms with van der Waals surface area (Å²) in [5.41, 5.74) is 2.38. The maximum Gasteiger partial charge on any atom is 0.227 e. The van der Waals surface area contributed by atoms with Gasteiger partial charge in [-0.25, -0.2) is 0 Å². The number of unbranched alkanes of at least 4 members (excludes halogenated alkanes) is 1. The molecule has 116 valence electrons. The van der Waals surface area contributed by atoms with Crippen LogP contribution in [-0.4, -0.2) is 12.5 Å². The van der Waals surface area contributed by atoms with Crippen molar-refractivity contribution < 1.29 is 4.79 Å². The normalized spacial score (nSPS) is 11.9. The van der Waals surface area contributed by atoms with Crippen molar-refractivity contribution in [1.82, 2.24) is 5.32 Å². The third-order valence-electron chi connectivity index (χ3n) is 3.92. The summed E-state index contributed by atoms with van der Waals surface area (Å²) in [6.07, 6.45) is 3.98. The molecule has 0 fully saturated rings. The minimum Gasteiger partial charge on any atom is -0.355 e. The van der Waals surface area contributed by atoms with Crippen molar-refractivity contribution in [2.24, 2.45) is 0 Å². The van der Waals surface area contributed by atoms with E-state index in [2.05, 4.69) is 36.5 Å². The fraction of sp³-hybridized carbons (Fsp3) is 0.350. The van der Waals surface area contributed by atoms with Gasteiger partial charge in [0, 0.05) is 6.54 Å². The largest absolute Gasteiger partial charge is 0.355 e. The monoisotopic (exact) mass is 295 g/mol. The van der Waals surface area contributed by atoms with Gasteiger partial charge in [-0.2, -0.15) is 0 Å². The first-order chi connectivity index (χ1) is 10.8. The summed E-state index contributed by atoms with van der Waals surface area (Å²) in [4.78, 5) is 12.5. The number of carbonyl (C=O) groups excluding carboxylic acids is 1. The van der Waals surface area contributed by atoms with E-state index in [9.17, 15) is 4.79 Å². The SMILES string of the molecule is CCCCC(C(=O)NCCc1ccccc1)c1ccccc1. The number of amides is 1. The van der Waals surface area contributed by atoms with Crippen molar-refractivity contribution in [3.8, 4) is 0 Å². The van der Waals surface area contributed by atoms with E-state index in [4.69, 9.17) is 0 Å². The lowest BCUT2D eigenvalue weighted by molar-refractivity contribution is -0.122. The molecule has 2 rings (SSSR count). The highest BCUT2D eigenvalue weighted by Crippen LogP contribution is 2.22. The van der Waals surface area contributed by atoms with Crippen LogP contribution in [0.3, 0.4) is 0 Å². The van der Waals surface area contributed by atoms with Crippen LogP contribution in [0.25, 0.3) is 0 Å².